The van der Waals surface area contributed by atoms with Gasteiger partial charge in [-0.25, -0.2) is 0 Å². The van der Waals surface area contributed by atoms with Gasteiger partial charge < -0.3 is 0 Å². The average molecular weight is 268 g/mol. The second-order valence-corrected chi connectivity index (χ2v) is 9.64. The quantitative estimate of drug-likeness (QED) is 0.572. The van der Waals surface area contributed by atoms with Crippen molar-refractivity contribution in [1.82, 2.24) is 4.90 Å². The summed E-state index contributed by atoms with van der Waals surface area (Å²) in [6, 6.07) is 0.676. The van der Waals surface area contributed by atoms with Gasteiger partial charge in [-0.15, -0.1) is 0 Å². The maximum absolute atomic E-state index is 2.80. The summed E-state index contributed by atoms with van der Waals surface area (Å²) in [6.45, 7) is 23.0. The summed E-state index contributed by atoms with van der Waals surface area (Å²) in [5.74, 6) is 0.786. The van der Waals surface area contributed by atoms with Gasteiger partial charge in [-0.05, 0) is 56.9 Å². The van der Waals surface area contributed by atoms with Crippen LogP contribution in [0.15, 0.2) is 0 Å². The lowest BCUT2D eigenvalue weighted by molar-refractivity contribution is -0.0339. The predicted octanol–water partition coefficient (Wildman–Crippen LogP) is 5.35. The van der Waals surface area contributed by atoms with Crippen molar-refractivity contribution >= 4 is 0 Å². The number of hydrogen-bond donors (Lipinski definition) is 0. The van der Waals surface area contributed by atoms with Crippen molar-refractivity contribution in [1.29, 1.82) is 0 Å². The first-order valence-corrected chi connectivity index (χ1v) is 8.12. The predicted molar refractivity (Wildman–Crippen MR) is 86.5 cm³/mol. The molecule has 1 fully saturated rings. The first kappa shape index (κ1) is 17.0. The van der Waals surface area contributed by atoms with Crippen molar-refractivity contribution in [3.8, 4) is 0 Å². The fourth-order valence-corrected chi connectivity index (χ4v) is 3.89. The van der Waals surface area contributed by atoms with Crippen LogP contribution in [0.5, 0.6) is 0 Å². The molecule has 1 aliphatic rings. The zero-order chi connectivity index (χ0) is 15.1. The van der Waals surface area contributed by atoms with Crippen molar-refractivity contribution in [2.24, 2.45) is 16.7 Å². The normalized spacial score (nSPS) is 28.3. The van der Waals surface area contributed by atoms with Crippen molar-refractivity contribution in [2.45, 2.75) is 93.2 Å². The molecule has 114 valence electrons. The van der Waals surface area contributed by atoms with Gasteiger partial charge in [-0.3, -0.25) is 4.90 Å². The van der Waals surface area contributed by atoms with E-state index in [-0.39, 0.29) is 5.54 Å². The van der Waals surface area contributed by atoms with E-state index in [1.54, 1.807) is 0 Å². The molecule has 0 aromatic carbocycles. The summed E-state index contributed by atoms with van der Waals surface area (Å²) < 4.78 is 0. The van der Waals surface area contributed by atoms with E-state index in [4.69, 9.17) is 0 Å². The van der Waals surface area contributed by atoms with Gasteiger partial charge in [0.05, 0.1) is 0 Å². The Bertz CT molecular complexity index is 260. The Balaban J connectivity index is 3.23. The molecule has 1 aliphatic heterocycles. The summed E-state index contributed by atoms with van der Waals surface area (Å²) in [4.78, 5) is 2.80. The SMILES string of the molecule is CC(C)(C)C1CCCCN(C(C)(C)C)C1C(C)(C)C. The van der Waals surface area contributed by atoms with E-state index in [0.29, 0.717) is 16.9 Å². The van der Waals surface area contributed by atoms with Gasteiger partial charge in [0.1, 0.15) is 0 Å². The molecule has 1 rings (SSSR count). The molecule has 1 saturated heterocycles. The van der Waals surface area contributed by atoms with Gasteiger partial charge in [0.15, 0.2) is 0 Å². The van der Waals surface area contributed by atoms with Gasteiger partial charge in [-0.2, -0.15) is 0 Å². The van der Waals surface area contributed by atoms with Crippen LogP contribution in [-0.4, -0.2) is 23.0 Å². The number of hydrogen-bond acceptors (Lipinski definition) is 1. The summed E-state index contributed by atoms with van der Waals surface area (Å²) in [7, 11) is 0. The van der Waals surface area contributed by atoms with E-state index in [1.165, 1.54) is 25.8 Å². The Kier molecular flexibility index (Phi) is 4.83. The number of likely N-dealkylation sites (tertiary alicyclic amines) is 1. The highest BCUT2D eigenvalue weighted by Gasteiger charge is 2.45. The minimum absolute atomic E-state index is 0.270. The number of rotatable bonds is 0. The fraction of sp³-hybridized carbons (Fsp3) is 1.00. The largest absolute Gasteiger partial charge is 0.295 e. The smallest absolute Gasteiger partial charge is 0.0182 e. The van der Waals surface area contributed by atoms with Gasteiger partial charge in [-0.1, -0.05) is 48.0 Å². The minimum Gasteiger partial charge on any atom is -0.295 e. The van der Waals surface area contributed by atoms with Crippen molar-refractivity contribution in [3.05, 3.63) is 0 Å². The van der Waals surface area contributed by atoms with Crippen LogP contribution in [0.25, 0.3) is 0 Å². The van der Waals surface area contributed by atoms with Crippen LogP contribution in [0.4, 0.5) is 0 Å². The van der Waals surface area contributed by atoms with Gasteiger partial charge >= 0.3 is 0 Å². The molecular weight excluding hydrogens is 230 g/mol. The first-order valence-electron chi connectivity index (χ1n) is 8.12. The maximum Gasteiger partial charge on any atom is 0.0182 e. The van der Waals surface area contributed by atoms with E-state index in [1.807, 2.05) is 0 Å². The van der Waals surface area contributed by atoms with Crippen molar-refractivity contribution < 1.29 is 0 Å². The molecule has 19 heavy (non-hydrogen) atoms. The third-order valence-electron chi connectivity index (χ3n) is 4.74. The second-order valence-electron chi connectivity index (χ2n) is 9.64. The standard InChI is InChI=1S/C18H37N/c1-16(2,3)14-12-10-11-13-19(18(7,8)9)15(14)17(4,5)6/h14-15H,10-13H2,1-9H3. The fourth-order valence-electron chi connectivity index (χ4n) is 3.89. The first-order chi connectivity index (χ1) is 8.35. The lowest BCUT2D eigenvalue weighted by Crippen LogP contribution is -2.57. The molecule has 0 radical (unpaired) electrons. The van der Waals surface area contributed by atoms with Crippen LogP contribution in [0, 0.1) is 16.7 Å². The zero-order valence-corrected chi connectivity index (χ0v) is 14.9. The molecule has 2 atom stereocenters. The minimum atomic E-state index is 0.270. The highest BCUT2D eigenvalue weighted by Crippen LogP contribution is 2.45. The van der Waals surface area contributed by atoms with Crippen LogP contribution in [-0.2, 0) is 0 Å². The van der Waals surface area contributed by atoms with Crippen molar-refractivity contribution in [3.63, 3.8) is 0 Å². The van der Waals surface area contributed by atoms with Crippen LogP contribution >= 0.6 is 0 Å². The molecule has 0 spiro atoms. The van der Waals surface area contributed by atoms with E-state index >= 15 is 0 Å². The summed E-state index contributed by atoms with van der Waals surface area (Å²) in [6.07, 6.45) is 4.13. The molecule has 1 heteroatoms. The Morgan fingerprint density at radius 2 is 1.26 bits per heavy atom. The van der Waals surface area contributed by atoms with E-state index in [2.05, 4.69) is 67.2 Å². The third kappa shape index (κ3) is 4.21. The highest BCUT2D eigenvalue weighted by molar-refractivity contribution is 4.98. The van der Waals surface area contributed by atoms with Gasteiger partial charge in [0.25, 0.3) is 0 Å². The van der Waals surface area contributed by atoms with Crippen LogP contribution in [0.2, 0.25) is 0 Å². The summed E-state index contributed by atoms with van der Waals surface area (Å²) >= 11 is 0. The Morgan fingerprint density at radius 1 is 0.737 bits per heavy atom. The second kappa shape index (κ2) is 5.39. The lowest BCUT2D eigenvalue weighted by atomic mass is 9.66. The monoisotopic (exact) mass is 267 g/mol. The maximum atomic E-state index is 2.80. The van der Waals surface area contributed by atoms with Gasteiger partial charge in [0, 0.05) is 11.6 Å². The molecule has 0 aromatic heterocycles. The molecule has 0 bridgehead atoms. The van der Waals surface area contributed by atoms with Crippen LogP contribution in [0.3, 0.4) is 0 Å². The molecule has 2 unspecified atom stereocenters. The molecule has 0 amide bonds. The highest BCUT2D eigenvalue weighted by atomic mass is 15.2. The van der Waals surface area contributed by atoms with Crippen LogP contribution < -0.4 is 0 Å². The summed E-state index contributed by atoms with van der Waals surface area (Å²) in [5, 5.41) is 0. The molecule has 0 N–H and O–H groups in total. The summed E-state index contributed by atoms with van der Waals surface area (Å²) in [5.41, 5.74) is 1.01. The Hall–Kier alpha value is -0.0400. The third-order valence-corrected chi connectivity index (χ3v) is 4.74. The van der Waals surface area contributed by atoms with Crippen LogP contribution in [0.1, 0.15) is 81.6 Å². The average Bonchev–Trinajstić information content (AvgIpc) is 2.35. The Labute approximate surface area is 122 Å². The molecule has 0 saturated carbocycles. The molecular formula is C18H37N. The lowest BCUT2D eigenvalue weighted by Gasteiger charge is -2.52. The molecule has 1 heterocycles. The van der Waals surface area contributed by atoms with E-state index in [9.17, 15) is 0 Å². The Morgan fingerprint density at radius 3 is 1.63 bits per heavy atom. The molecule has 1 nitrogen and oxygen atoms in total. The molecule has 0 aromatic rings. The van der Waals surface area contributed by atoms with E-state index in [0.717, 1.165) is 5.92 Å². The van der Waals surface area contributed by atoms with E-state index < -0.39 is 0 Å². The van der Waals surface area contributed by atoms with Crippen molar-refractivity contribution in [2.75, 3.05) is 6.54 Å². The number of nitrogens with zero attached hydrogens (tertiary/aromatic N) is 1. The molecule has 0 aliphatic carbocycles. The van der Waals surface area contributed by atoms with Gasteiger partial charge in [0.2, 0.25) is 0 Å². The topological polar surface area (TPSA) is 3.24 Å². The zero-order valence-electron chi connectivity index (χ0n) is 14.9.